The predicted octanol–water partition coefficient (Wildman–Crippen LogP) is 2.96. The minimum Gasteiger partial charge on any atom is -0.435 e. The van der Waals surface area contributed by atoms with Crippen LogP contribution in [0.4, 0.5) is 8.78 Å². The first-order valence-corrected chi connectivity index (χ1v) is 7.76. The topological polar surface area (TPSA) is 47.5 Å². The van der Waals surface area contributed by atoms with Crippen LogP contribution in [0.25, 0.3) is 0 Å². The van der Waals surface area contributed by atoms with Crippen LogP contribution in [0.3, 0.4) is 0 Å². The summed E-state index contributed by atoms with van der Waals surface area (Å²) >= 11 is 0. The fourth-order valence-electron chi connectivity index (χ4n) is 2.74. The van der Waals surface area contributed by atoms with Crippen LogP contribution in [0.2, 0.25) is 0 Å². The van der Waals surface area contributed by atoms with Gasteiger partial charge in [0, 0.05) is 25.3 Å². The number of morpholine rings is 1. The molecule has 1 aromatic heterocycles. The van der Waals surface area contributed by atoms with E-state index < -0.39 is 6.61 Å². The lowest BCUT2D eigenvalue weighted by atomic mass is 10.1. The molecule has 1 aliphatic heterocycles. The number of halogens is 2. The van der Waals surface area contributed by atoms with Crippen molar-refractivity contribution < 1.29 is 18.3 Å². The molecule has 1 atom stereocenters. The minimum absolute atomic E-state index is 0.0951. The first-order chi connectivity index (χ1) is 11.6. The summed E-state index contributed by atoms with van der Waals surface area (Å²) in [4.78, 5) is 10.7. The molecule has 1 fully saturated rings. The monoisotopic (exact) mass is 335 g/mol. The lowest BCUT2D eigenvalue weighted by molar-refractivity contribution is -0.0500. The highest BCUT2D eigenvalue weighted by atomic mass is 19.3. The fourth-order valence-corrected chi connectivity index (χ4v) is 2.74. The van der Waals surface area contributed by atoms with Crippen molar-refractivity contribution in [2.24, 2.45) is 0 Å². The number of alkyl halides is 2. The van der Waals surface area contributed by atoms with Crippen LogP contribution in [-0.2, 0) is 11.3 Å². The van der Waals surface area contributed by atoms with Crippen molar-refractivity contribution in [2.75, 3.05) is 19.7 Å². The average Bonchev–Trinajstić information content (AvgIpc) is 2.55. The van der Waals surface area contributed by atoms with E-state index in [1.54, 1.807) is 18.5 Å². The second kappa shape index (κ2) is 7.63. The van der Waals surface area contributed by atoms with Crippen LogP contribution in [-0.4, -0.2) is 41.2 Å². The molecule has 0 spiro atoms. The van der Waals surface area contributed by atoms with Crippen LogP contribution in [0.5, 0.6) is 5.75 Å². The lowest BCUT2D eigenvalue weighted by Crippen LogP contribution is -2.38. The van der Waals surface area contributed by atoms with E-state index in [0.717, 1.165) is 36.6 Å². The summed E-state index contributed by atoms with van der Waals surface area (Å²) in [5, 5.41) is 0. The number of benzene rings is 1. The Kier molecular flexibility index (Phi) is 5.32. The zero-order chi connectivity index (χ0) is 16.9. The van der Waals surface area contributed by atoms with E-state index in [0.29, 0.717) is 6.61 Å². The minimum atomic E-state index is -2.81. The van der Waals surface area contributed by atoms with Gasteiger partial charge in [-0.1, -0.05) is 12.1 Å². The summed E-state index contributed by atoms with van der Waals surface area (Å²) in [6.45, 7) is 2.02. The molecule has 2 heterocycles. The van der Waals surface area contributed by atoms with Crippen molar-refractivity contribution in [3.63, 3.8) is 0 Å². The van der Waals surface area contributed by atoms with Gasteiger partial charge >= 0.3 is 6.61 Å². The second-order valence-electron chi connectivity index (χ2n) is 5.69. The lowest BCUT2D eigenvalue weighted by Gasteiger charge is -2.33. The summed E-state index contributed by atoms with van der Waals surface area (Å²) in [7, 11) is 0. The zero-order valence-corrected chi connectivity index (χ0v) is 13.4. The van der Waals surface area contributed by atoms with Crippen LogP contribution in [0.1, 0.15) is 23.1 Å². The first kappa shape index (κ1) is 16.7. The van der Waals surface area contributed by atoms with Crippen molar-refractivity contribution in [3.8, 4) is 5.75 Å². The molecule has 1 aliphatic rings. The molecule has 2 aromatic rings. The average molecular weight is 335 g/mol. The summed E-state index contributed by atoms with van der Waals surface area (Å²) in [5.74, 6) is 0.151. The van der Waals surface area contributed by atoms with Gasteiger partial charge in [0.25, 0.3) is 0 Å². The Morgan fingerprint density at radius 3 is 2.79 bits per heavy atom. The summed E-state index contributed by atoms with van der Waals surface area (Å²) in [5.41, 5.74) is 2.86. The highest BCUT2D eigenvalue weighted by molar-refractivity contribution is 5.29. The number of hydrogen-bond acceptors (Lipinski definition) is 5. The van der Waals surface area contributed by atoms with Crippen molar-refractivity contribution in [1.82, 2.24) is 14.9 Å². The normalized spacial score (nSPS) is 18.8. The van der Waals surface area contributed by atoms with Gasteiger partial charge in [0.15, 0.2) is 0 Å². The van der Waals surface area contributed by atoms with Gasteiger partial charge in [-0.05, 0) is 30.7 Å². The van der Waals surface area contributed by atoms with Gasteiger partial charge in [0.05, 0.1) is 18.4 Å². The third-order valence-electron chi connectivity index (χ3n) is 3.87. The van der Waals surface area contributed by atoms with Crippen molar-refractivity contribution >= 4 is 0 Å². The standard InChI is InChI=1S/C17H19F2N3O2/c1-12-8-14(21-11-20-12)9-22-6-7-23-16(10-22)13-2-4-15(5-3-13)24-17(18)19/h2-5,8,11,16-17H,6-7,9-10H2,1H3. The van der Waals surface area contributed by atoms with Gasteiger partial charge in [0.2, 0.25) is 0 Å². The predicted molar refractivity (Wildman–Crippen MR) is 83.8 cm³/mol. The van der Waals surface area contributed by atoms with E-state index in [2.05, 4.69) is 19.6 Å². The third-order valence-corrected chi connectivity index (χ3v) is 3.87. The van der Waals surface area contributed by atoms with Crippen LogP contribution in [0.15, 0.2) is 36.7 Å². The first-order valence-electron chi connectivity index (χ1n) is 7.76. The SMILES string of the molecule is Cc1cc(CN2CCOC(c3ccc(OC(F)F)cc3)C2)ncn1. The molecular formula is C17H19F2N3O2. The van der Waals surface area contributed by atoms with Gasteiger partial charge in [-0.3, -0.25) is 4.90 Å². The Hall–Kier alpha value is -2.12. The van der Waals surface area contributed by atoms with Crippen LogP contribution < -0.4 is 4.74 Å². The molecular weight excluding hydrogens is 316 g/mol. The van der Waals surface area contributed by atoms with Gasteiger partial charge in [-0.15, -0.1) is 0 Å². The highest BCUT2D eigenvalue weighted by Crippen LogP contribution is 2.25. The molecule has 1 aromatic carbocycles. The Morgan fingerprint density at radius 2 is 2.08 bits per heavy atom. The van der Waals surface area contributed by atoms with E-state index in [4.69, 9.17) is 4.74 Å². The van der Waals surface area contributed by atoms with E-state index in [9.17, 15) is 8.78 Å². The molecule has 0 N–H and O–H groups in total. The van der Waals surface area contributed by atoms with Crippen LogP contribution >= 0.6 is 0 Å². The largest absolute Gasteiger partial charge is 0.435 e. The maximum atomic E-state index is 12.2. The summed E-state index contributed by atoms with van der Waals surface area (Å²) < 4.78 is 34.6. The highest BCUT2D eigenvalue weighted by Gasteiger charge is 2.22. The zero-order valence-electron chi connectivity index (χ0n) is 13.4. The van der Waals surface area contributed by atoms with Gasteiger partial charge < -0.3 is 9.47 Å². The van der Waals surface area contributed by atoms with E-state index in [1.165, 1.54) is 12.1 Å². The molecule has 0 saturated carbocycles. The molecule has 24 heavy (non-hydrogen) atoms. The molecule has 5 nitrogen and oxygen atoms in total. The maximum absolute atomic E-state index is 12.2. The van der Waals surface area contributed by atoms with Crippen LogP contribution in [0, 0.1) is 6.92 Å². The Labute approximate surface area is 139 Å². The van der Waals surface area contributed by atoms with E-state index >= 15 is 0 Å². The number of rotatable bonds is 5. The number of nitrogens with zero attached hydrogens (tertiary/aromatic N) is 3. The summed E-state index contributed by atoms with van der Waals surface area (Å²) in [6, 6.07) is 8.58. The van der Waals surface area contributed by atoms with Crippen molar-refractivity contribution in [2.45, 2.75) is 26.2 Å². The molecule has 1 saturated heterocycles. The van der Waals surface area contributed by atoms with E-state index in [-0.39, 0.29) is 11.9 Å². The Bertz CT molecular complexity index is 667. The molecule has 0 amide bonds. The maximum Gasteiger partial charge on any atom is 0.387 e. The van der Waals surface area contributed by atoms with E-state index in [1.807, 2.05) is 13.0 Å². The van der Waals surface area contributed by atoms with Crippen molar-refractivity contribution in [3.05, 3.63) is 53.6 Å². The molecule has 0 aliphatic carbocycles. The number of ether oxygens (including phenoxy) is 2. The van der Waals surface area contributed by atoms with Gasteiger partial charge in [-0.25, -0.2) is 9.97 Å². The number of aromatic nitrogens is 2. The molecule has 128 valence electrons. The smallest absolute Gasteiger partial charge is 0.387 e. The Morgan fingerprint density at radius 1 is 1.29 bits per heavy atom. The number of aryl methyl sites for hydroxylation is 1. The molecule has 7 heteroatoms. The Balaban J connectivity index is 1.62. The molecule has 1 unspecified atom stereocenters. The van der Waals surface area contributed by atoms with Gasteiger partial charge in [-0.2, -0.15) is 8.78 Å². The molecule has 3 rings (SSSR count). The fraction of sp³-hybridized carbons (Fsp3) is 0.412. The molecule has 0 bridgehead atoms. The summed E-state index contributed by atoms with van der Waals surface area (Å²) in [6.07, 6.45) is 1.48. The third kappa shape index (κ3) is 4.46. The quantitative estimate of drug-likeness (QED) is 0.841. The van der Waals surface area contributed by atoms with Gasteiger partial charge in [0.1, 0.15) is 12.1 Å². The van der Waals surface area contributed by atoms with Crippen molar-refractivity contribution in [1.29, 1.82) is 0 Å². The second-order valence-corrected chi connectivity index (χ2v) is 5.69. The molecule has 0 radical (unpaired) electrons. The number of hydrogen-bond donors (Lipinski definition) is 0.